The van der Waals surface area contributed by atoms with Crippen molar-refractivity contribution < 1.29 is 4.79 Å². The number of halogens is 1. The topological polar surface area (TPSA) is 17.1 Å². The molecular formula is C14H13BrOS. The molecule has 0 fully saturated rings. The van der Waals surface area contributed by atoms with E-state index in [4.69, 9.17) is 0 Å². The van der Waals surface area contributed by atoms with E-state index in [1.807, 2.05) is 16.8 Å². The lowest BCUT2D eigenvalue weighted by molar-refractivity contribution is 0.0992. The maximum Gasteiger partial charge on any atom is 0.169 e. The molecule has 2 aromatic rings. The highest BCUT2D eigenvalue weighted by Gasteiger charge is 2.11. The third kappa shape index (κ3) is 2.85. The highest BCUT2D eigenvalue weighted by molar-refractivity contribution is 9.10. The summed E-state index contributed by atoms with van der Waals surface area (Å²) < 4.78 is 0.899. The largest absolute Gasteiger partial charge is 0.294 e. The summed E-state index contributed by atoms with van der Waals surface area (Å²) in [6.45, 7) is 4.15. The van der Waals surface area contributed by atoms with Gasteiger partial charge in [-0.3, -0.25) is 4.79 Å². The van der Waals surface area contributed by atoms with Gasteiger partial charge in [0.25, 0.3) is 0 Å². The van der Waals surface area contributed by atoms with Crippen LogP contribution in [0.3, 0.4) is 0 Å². The first-order valence-corrected chi connectivity index (χ1v) is 7.12. The number of Topliss-reactive ketones (excluding diaryl/α,β-unsaturated/α-hetero) is 1. The SMILES string of the molecule is Cc1ccc(CC(=O)c2cscc2Br)cc1C. The molecule has 0 saturated carbocycles. The molecule has 0 N–H and O–H groups in total. The van der Waals surface area contributed by atoms with Crippen molar-refractivity contribution in [2.45, 2.75) is 20.3 Å². The second-order valence-corrected chi connectivity index (χ2v) is 5.75. The molecule has 88 valence electrons. The summed E-state index contributed by atoms with van der Waals surface area (Å²) in [7, 11) is 0. The number of ketones is 1. The summed E-state index contributed by atoms with van der Waals surface area (Å²) in [6.07, 6.45) is 0.469. The van der Waals surface area contributed by atoms with Crippen LogP contribution in [0.4, 0.5) is 0 Å². The van der Waals surface area contributed by atoms with Crippen molar-refractivity contribution in [3.05, 3.63) is 55.7 Å². The zero-order valence-corrected chi connectivity index (χ0v) is 12.2. The zero-order valence-electron chi connectivity index (χ0n) is 9.79. The number of benzene rings is 1. The Kier molecular flexibility index (Phi) is 3.79. The number of hydrogen-bond donors (Lipinski definition) is 0. The van der Waals surface area contributed by atoms with Crippen molar-refractivity contribution in [1.82, 2.24) is 0 Å². The van der Waals surface area contributed by atoms with E-state index in [2.05, 4.69) is 41.9 Å². The third-order valence-corrected chi connectivity index (χ3v) is 4.55. The molecule has 1 aromatic heterocycles. The third-order valence-electron chi connectivity index (χ3n) is 2.85. The average Bonchev–Trinajstić information content (AvgIpc) is 2.70. The Bertz CT molecular complexity index is 557. The van der Waals surface area contributed by atoms with Gasteiger partial charge in [0.05, 0.1) is 0 Å². The van der Waals surface area contributed by atoms with Crippen LogP contribution in [0.1, 0.15) is 27.0 Å². The number of hydrogen-bond acceptors (Lipinski definition) is 2. The fourth-order valence-electron chi connectivity index (χ4n) is 1.67. The van der Waals surface area contributed by atoms with Crippen LogP contribution >= 0.6 is 27.3 Å². The second kappa shape index (κ2) is 5.15. The number of thiophene rings is 1. The van der Waals surface area contributed by atoms with E-state index in [1.165, 1.54) is 11.1 Å². The molecule has 2 rings (SSSR count). The molecule has 1 heterocycles. The molecule has 0 spiro atoms. The van der Waals surface area contributed by atoms with Crippen LogP contribution < -0.4 is 0 Å². The summed E-state index contributed by atoms with van der Waals surface area (Å²) in [5, 5.41) is 3.83. The van der Waals surface area contributed by atoms with E-state index in [0.29, 0.717) is 6.42 Å². The van der Waals surface area contributed by atoms with Crippen LogP contribution in [0.15, 0.2) is 33.4 Å². The van der Waals surface area contributed by atoms with Gasteiger partial charge in [0, 0.05) is 27.2 Å². The summed E-state index contributed by atoms with van der Waals surface area (Å²) in [5.74, 6) is 0.168. The fraction of sp³-hybridized carbons (Fsp3) is 0.214. The summed E-state index contributed by atoms with van der Waals surface area (Å²) in [5.41, 5.74) is 4.36. The van der Waals surface area contributed by atoms with Crippen molar-refractivity contribution in [2.75, 3.05) is 0 Å². The van der Waals surface area contributed by atoms with Crippen molar-refractivity contribution in [2.24, 2.45) is 0 Å². The highest BCUT2D eigenvalue weighted by atomic mass is 79.9. The Morgan fingerprint density at radius 3 is 2.59 bits per heavy atom. The van der Waals surface area contributed by atoms with Gasteiger partial charge in [0.2, 0.25) is 0 Å². The number of rotatable bonds is 3. The van der Waals surface area contributed by atoms with Gasteiger partial charge in [-0.25, -0.2) is 0 Å². The molecular weight excluding hydrogens is 296 g/mol. The van der Waals surface area contributed by atoms with Gasteiger partial charge in [-0.15, -0.1) is 0 Å². The molecule has 1 aromatic carbocycles. The van der Waals surface area contributed by atoms with Crippen LogP contribution in [0.25, 0.3) is 0 Å². The number of carbonyl (C=O) groups excluding carboxylic acids is 1. The summed E-state index contributed by atoms with van der Waals surface area (Å²) >= 11 is 4.94. The molecule has 0 aliphatic rings. The molecule has 3 heteroatoms. The Balaban J connectivity index is 2.19. The van der Waals surface area contributed by atoms with Gasteiger partial charge in [0.15, 0.2) is 5.78 Å². The predicted molar refractivity (Wildman–Crippen MR) is 76.0 cm³/mol. The van der Waals surface area contributed by atoms with Crippen LogP contribution in [0.5, 0.6) is 0 Å². The van der Waals surface area contributed by atoms with E-state index in [9.17, 15) is 4.79 Å². The fourth-order valence-corrected chi connectivity index (χ4v) is 3.19. The van der Waals surface area contributed by atoms with Gasteiger partial charge >= 0.3 is 0 Å². The second-order valence-electron chi connectivity index (χ2n) is 4.15. The van der Waals surface area contributed by atoms with E-state index in [1.54, 1.807) is 11.3 Å². The molecule has 0 saturated heterocycles. The Labute approximate surface area is 114 Å². The minimum absolute atomic E-state index is 0.168. The van der Waals surface area contributed by atoms with Gasteiger partial charge in [-0.1, -0.05) is 18.2 Å². The van der Waals surface area contributed by atoms with Crippen LogP contribution in [-0.4, -0.2) is 5.78 Å². The zero-order chi connectivity index (χ0) is 12.4. The first-order chi connectivity index (χ1) is 8.08. The van der Waals surface area contributed by atoms with Gasteiger partial charge in [0.1, 0.15) is 0 Å². The van der Waals surface area contributed by atoms with E-state index in [0.717, 1.165) is 15.6 Å². The van der Waals surface area contributed by atoms with E-state index in [-0.39, 0.29) is 5.78 Å². The average molecular weight is 309 g/mol. The lowest BCUT2D eigenvalue weighted by Gasteiger charge is -2.04. The molecule has 17 heavy (non-hydrogen) atoms. The Morgan fingerprint density at radius 2 is 2.00 bits per heavy atom. The van der Waals surface area contributed by atoms with Crippen LogP contribution in [-0.2, 0) is 6.42 Å². The highest BCUT2D eigenvalue weighted by Crippen LogP contribution is 2.23. The van der Waals surface area contributed by atoms with Crippen LogP contribution in [0.2, 0.25) is 0 Å². The summed E-state index contributed by atoms with van der Waals surface area (Å²) in [6, 6.07) is 6.19. The minimum atomic E-state index is 0.168. The maximum absolute atomic E-state index is 12.1. The number of aryl methyl sites for hydroxylation is 2. The normalized spacial score (nSPS) is 10.5. The molecule has 0 aliphatic carbocycles. The smallest absolute Gasteiger partial charge is 0.169 e. The minimum Gasteiger partial charge on any atom is -0.294 e. The first-order valence-electron chi connectivity index (χ1n) is 5.39. The quantitative estimate of drug-likeness (QED) is 0.760. The Hall–Kier alpha value is -0.930. The van der Waals surface area contributed by atoms with Gasteiger partial charge in [-0.2, -0.15) is 11.3 Å². The van der Waals surface area contributed by atoms with Crippen molar-refractivity contribution in [1.29, 1.82) is 0 Å². The van der Waals surface area contributed by atoms with Gasteiger partial charge < -0.3 is 0 Å². The van der Waals surface area contributed by atoms with Crippen molar-refractivity contribution in [3.63, 3.8) is 0 Å². The molecule has 0 unspecified atom stereocenters. The monoisotopic (exact) mass is 308 g/mol. The van der Waals surface area contributed by atoms with Crippen molar-refractivity contribution in [3.8, 4) is 0 Å². The van der Waals surface area contributed by atoms with Crippen LogP contribution in [0, 0.1) is 13.8 Å². The number of carbonyl (C=O) groups is 1. The lowest BCUT2D eigenvalue weighted by atomic mass is 10.0. The van der Waals surface area contributed by atoms with Crippen molar-refractivity contribution >= 4 is 33.0 Å². The molecule has 0 bridgehead atoms. The molecule has 0 aliphatic heterocycles. The maximum atomic E-state index is 12.1. The van der Waals surface area contributed by atoms with Gasteiger partial charge in [-0.05, 0) is 46.5 Å². The van der Waals surface area contributed by atoms with E-state index >= 15 is 0 Å². The van der Waals surface area contributed by atoms with E-state index < -0.39 is 0 Å². The molecule has 1 nitrogen and oxygen atoms in total. The molecule has 0 radical (unpaired) electrons. The molecule has 0 atom stereocenters. The predicted octanol–water partition coefficient (Wildman–Crippen LogP) is 4.55. The summed E-state index contributed by atoms with van der Waals surface area (Å²) in [4.78, 5) is 12.1. The Morgan fingerprint density at radius 1 is 1.24 bits per heavy atom. The standard InChI is InChI=1S/C14H13BrOS/c1-9-3-4-11(5-10(9)2)6-14(16)12-7-17-8-13(12)15/h3-5,7-8H,6H2,1-2H3. The first kappa shape index (κ1) is 12.5. The lowest BCUT2D eigenvalue weighted by Crippen LogP contribution is -2.03. The molecule has 0 amide bonds.